The van der Waals surface area contributed by atoms with E-state index in [2.05, 4.69) is 47.8 Å². The maximum Gasteiger partial charge on any atom is 0.0456 e. The molecule has 19 heavy (non-hydrogen) atoms. The van der Waals surface area contributed by atoms with Gasteiger partial charge in [0, 0.05) is 17.1 Å². The minimum atomic E-state index is 0.848. The van der Waals surface area contributed by atoms with Crippen LogP contribution in [-0.4, -0.2) is 18.6 Å². The average molecular weight is 256 g/mol. The van der Waals surface area contributed by atoms with Gasteiger partial charge in [-0.15, -0.1) is 0 Å². The molecule has 0 spiro atoms. The van der Waals surface area contributed by atoms with E-state index in [0.29, 0.717) is 0 Å². The Hall–Kier alpha value is -1.28. The molecule has 2 aromatic rings. The minimum absolute atomic E-state index is 0.848. The molecule has 1 aromatic carbocycles. The highest BCUT2D eigenvalue weighted by Crippen LogP contribution is 2.33. The summed E-state index contributed by atoms with van der Waals surface area (Å²) in [6.07, 6.45) is 9.07. The number of aromatic nitrogens is 1. The quantitative estimate of drug-likeness (QED) is 0.857. The van der Waals surface area contributed by atoms with E-state index >= 15 is 0 Å². The number of H-pyrrole nitrogens is 1. The Bertz CT molecular complexity index is 527. The summed E-state index contributed by atoms with van der Waals surface area (Å²) >= 11 is 0. The molecule has 1 aromatic heterocycles. The Morgan fingerprint density at radius 3 is 2.79 bits per heavy atom. The van der Waals surface area contributed by atoms with Crippen LogP contribution in [0, 0.1) is 11.8 Å². The molecule has 0 amide bonds. The van der Waals surface area contributed by atoms with Crippen LogP contribution in [0.4, 0.5) is 0 Å². The zero-order valence-corrected chi connectivity index (χ0v) is 11.8. The number of para-hydroxylation sites is 1. The van der Waals surface area contributed by atoms with Crippen LogP contribution in [0.5, 0.6) is 0 Å². The molecule has 1 saturated carbocycles. The fraction of sp³-hybridized carbons (Fsp3) is 0.529. The van der Waals surface area contributed by atoms with Gasteiger partial charge in [0.1, 0.15) is 0 Å². The van der Waals surface area contributed by atoms with Gasteiger partial charge >= 0.3 is 0 Å². The molecule has 0 aliphatic heterocycles. The first-order valence-electron chi connectivity index (χ1n) is 7.58. The maximum atomic E-state index is 3.41. The summed E-state index contributed by atoms with van der Waals surface area (Å²) in [6.45, 7) is 1.17. The first kappa shape index (κ1) is 12.7. The first-order chi connectivity index (χ1) is 9.38. The van der Waals surface area contributed by atoms with E-state index in [1.165, 1.54) is 55.1 Å². The van der Waals surface area contributed by atoms with Crippen molar-refractivity contribution in [2.24, 2.45) is 11.8 Å². The smallest absolute Gasteiger partial charge is 0.0456 e. The Morgan fingerprint density at radius 1 is 1.16 bits per heavy atom. The molecule has 1 aliphatic carbocycles. The third kappa shape index (κ3) is 2.69. The lowest BCUT2D eigenvalue weighted by atomic mass is 9.76. The van der Waals surface area contributed by atoms with Gasteiger partial charge in [0.25, 0.3) is 0 Å². The van der Waals surface area contributed by atoms with Crippen molar-refractivity contribution in [1.82, 2.24) is 10.3 Å². The van der Waals surface area contributed by atoms with E-state index in [-0.39, 0.29) is 0 Å². The molecule has 1 fully saturated rings. The van der Waals surface area contributed by atoms with E-state index in [0.717, 1.165) is 11.8 Å². The van der Waals surface area contributed by atoms with Gasteiger partial charge < -0.3 is 10.3 Å². The predicted molar refractivity (Wildman–Crippen MR) is 81.4 cm³/mol. The highest BCUT2D eigenvalue weighted by molar-refractivity contribution is 5.83. The molecule has 1 heterocycles. The molecule has 0 saturated heterocycles. The fourth-order valence-electron chi connectivity index (χ4n) is 3.67. The van der Waals surface area contributed by atoms with Crippen LogP contribution in [0.3, 0.4) is 0 Å². The van der Waals surface area contributed by atoms with E-state index in [1.807, 2.05) is 0 Å². The second-order valence-electron chi connectivity index (χ2n) is 5.93. The third-order valence-electron chi connectivity index (χ3n) is 4.69. The summed E-state index contributed by atoms with van der Waals surface area (Å²) in [4.78, 5) is 3.41. The second-order valence-corrected chi connectivity index (χ2v) is 5.93. The van der Waals surface area contributed by atoms with Crippen molar-refractivity contribution in [2.45, 2.75) is 32.1 Å². The molecule has 2 atom stereocenters. The number of benzene rings is 1. The standard InChI is InChI=1S/C17H24N2/c1-18-11-14-7-3-2-6-13(14)10-15-12-19-17-9-5-4-8-16(15)17/h4-5,8-9,12-14,18-19H,2-3,6-7,10-11H2,1H3. The lowest BCUT2D eigenvalue weighted by molar-refractivity contribution is 0.232. The number of fused-ring (bicyclic) bond motifs is 1. The zero-order chi connectivity index (χ0) is 13.1. The monoisotopic (exact) mass is 256 g/mol. The summed E-state index contributed by atoms with van der Waals surface area (Å²) in [5.41, 5.74) is 2.78. The van der Waals surface area contributed by atoms with Crippen LogP contribution in [-0.2, 0) is 6.42 Å². The van der Waals surface area contributed by atoms with E-state index < -0.39 is 0 Å². The van der Waals surface area contributed by atoms with Gasteiger partial charge in [-0.25, -0.2) is 0 Å². The lowest BCUT2D eigenvalue weighted by Crippen LogP contribution is -2.29. The number of rotatable bonds is 4. The molecule has 2 unspecified atom stereocenters. The lowest BCUT2D eigenvalue weighted by Gasteiger charge is -2.31. The van der Waals surface area contributed by atoms with Gasteiger partial charge in [-0.1, -0.05) is 31.0 Å². The number of hydrogen-bond acceptors (Lipinski definition) is 1. The van der Waals surface area contributed by atoms with Crippen molar-refractivity contribution >= 4 is 10.9 Å². The summed E-state index contributed by atoms with van der Waals surface area (Å²) < 4.78 is 0. The number of hydrogen-bond donors (Lipinski definition) is 2. The molecule has 1 aliphatic rings. The summed E-state index contributed by atoms with van der Waals surface area (Å²) in [5, 5.41) is 4.79. The molecule has 3 rings (SSSR count). The van der Waals surface area contributed by atoms with Crippen LogP contribution < -0.4 is 5.32 Å². The molecule has 0 bridgehead atoms. The normalized spacial score (nSPS) is 23.8. The highest BCUT2D eigenvalue weighted by Gasteiger charge is 2.25. The van der Waals surface area contributed by atoms with Crippen molar-refractivity contribution in [2.75, 3.05) is 13.6 Å². The number of aromatic amines is 1. The van der Waals surface area contributed by atoms with Crippen molar-refractivity contribution in [3.05, 3.63) is 36.0 Å². The van der Waals surface area contributed by atoms with E-state index in [1.54, 1.807) is 0 Å². The van der Waals surface area contributed by atoms with Gasteiger partial charge in [0.05, 0.1) is 0 Å². The van der Waals surface area contributed by atoms with Crippen molar-refractivity contribution in [3.8, 4) is 0 Å². The summed E-state index contributed by atoms with van der Waals surface area (Å²) in [5.74, 6) is 1.70. The maximum absolute atomic E-state index is 3.41. The molecular weight excluding hydrogens is 232 g/mol. The van der Waals surface area contributed by atoms with E-state index in [4.69, 9.17) is 0 Å². The molecule has 102 valence electrons. The second kappa shape index (κ2) is 5.79. The van der Waals surface area contributed by atoms with Crippen LogP contribution in [0.1, 0.15) is 31.2 Å². The molecule has 2 nitrogen and oxygen atoms in total. The SMILES string of the molecule is CNCC1CCCCC1Cc1c[nH]c2ccccc12. The van der Waals surface area contributed by atoms with Gasteiger partial charge in [-0.05, 0) is 56.3 Å². The average Bonchev–Trinajstić information content (AvgIpc) is 2.85. The van der Waals surface area contributed by atoms with Crippen LogP contribution >= 0.6 is 0 Å². The van der Waals surface area contributed by atoms with Crippen LogP contribution in [0.15, 0.2) is 30.5 Å². The van der Waals surface area contributed by atoms with Gasteiger partial charge in [0.15, 0.2) is 0 Å². The van der Waals surface area contributed by atoms with Gasteiger partial charge in [0.2, 0.25) is 0 Å². The van der Waals surface area contributed by atoms with Crippen molar-refractivity contribution < 1.29 is 0 Å². The van der Waals surface area contributed by atoms with Gasteiger partial charge in [-0.3, -0.25) is 0 Å². The predicted octanol–water partition coefficient (Wildman–Crippen LogP) is 3.74. The Morgan fingerprint density at radius 2 is 1.95 bits per heavy atom. The minimum Gasteiger partial charge on any atom is -0.361 e. The summed E-state index contributed by atoms with van der Waals surface area (Å²) in [7, 11) is 2.08. The molecule has 2 heteroatoms. The van der Waals surface area contributed by atoms with Crippen LogP contribution in [0.25, 0.3) is 10.9 Å². The van der Waals surface area contributed by atoms with Crippen LogP contribution in [0.2, 0.25) is 0 Å². The third-order valence-corrected chi connectivity index (χ3v) is 4.69. The van der Waals surface area contributed by atoms with Crippen molar-refractivity contribution in [1.29, 1.82) is 0 Å². The molecule has 0 radical (unpaired) electrons. The Kier molecular flexibility index (Phi) is 3.88. The first-order valence-corrected chi connectivity index (χ1v) is 7.58. The molecule has 2 N–H and O–H groups in total. The van der Waals surface area contributed by atoms with E-state index in [9.17, 15) is 0 Å². The largest absolute Gasteiger partial charge is 0.361 e. The zero-order valence-electron chi connectivity index (χ0n) is 11.8. The molecular formula is C17H24N2. The fourth-order valence-corrected chi connectivity index (χ4v) is 3.67. The van der Waals surface area contributed by atoms with Gasteiger partial charge in [-0.2, -0.15) is 0 Å². The Labute approximate surface area is 115 Å². The highest BCUT2D eigenvalue weighted by atomic mass is 14.8. The number of nitrogens with one attached hydrogen (secondary N) is 2. The van der Waals surface area contributed by atoms with Crippen molar-refractivity contribution in [3.63, 3.8) is 0 Å². The Balaban J connectivity index is 1.79. The summed E-state index contributed by atoms with van der Waals surface area (Å²) in [6, 6.07) is 8.67. The topological polar surface area (TPSA) is 27.8 Å².